The third-order valence-corrected chi connectivity index (χ3v) is 3.24. The molecule has 0 radical (unpaired) electrons. The van der Waals surface area contributed by atoms with E-state index in [-0.39, 0.29) is 11.8 Å². The van der Waals surface area contributed by atoms with Crippen LogP contribution < -0.4 is 15.2 Å². The molecular formula is C16H17F2NO2. The third-order valence-electron chi connectivity index (χ3n) is 3.24. The Kier molecular flexibility index (Phi) is 4.75. The summed E-state index contributed by atoms with van der Waals surface area (Å²) >= 11 is 0. The van der Waals surface area contributed by atoms with Crippen LogP contribution in [0.15, 0.2) is 42.5 Å². The maximum absolute atomic E-state index is 12.1. The summed E-state index contributed by atoms with van der Waals surface area (Å²) in [5.41, 5.74) is 8.93. The van der Waals surface area contributed by atoms with E-state index < -0.39 is 6.61 Å². The zero-order chi connectivity index (χ0) is 15.4. The summed E-state index contributed by atoms with van der Waals surface area (Å²) in [7, 11) is 1.61. The Morgan fingerprint density at radius 2 is 1.62 bits per heavy atom. The maximum Gasteiger partial charge on any atom is 0.387 e. The topological polar surface area (TPSA) is 44.5 Å². The van der Waals surface area contributed by atoms with Crippen molar-refractivity contribution >= 4 is 0 Å². The SMILES string of the molecule is COc1ccc(C(N)c2ccc(OC(F)F)cc2)cc1C. The number of halogens is 2. The van der Waals surface area contributed by atoms with Crippen molar-refractivity contribution in [1.82, 2.24) is 0 Å². The van der Waals surface area contributed by atoms with Crippen molar-refractivity contribution in [2.24, 2.45) is 5.73 Å². The fourth-order valence-electron chi connectivity index (χ4n) is 2.14. The van der Waals surface area contributed by atoms with Crippen molar-refractivity contribution in [3.8, 4) is 11.5 Å². The minimum absolute atomic E-state index is 0.117. The molecule has 21 heavy (non-hydrogen) atoms. The van der Waals surface area contributed by atoms with E-state index in [4.69, 9.17) is 10.5 Å². The van der Waals surface area contributed by atoms with Crippen molar-refractivity contribution < 1.29 is 18.3 Å². The van der Waals surface area contributed by atoms with Gasteiger partial charge in [-0.2, -0.15) is 8.78 Å². The molecule has 0 aliphatic heterocycles. The lowest BCUT2D eigenvalue weighted by molar-refractivity contribution is -0.0498. The predicted octanol–water partition coefficient (Wildman–Crippen LogP) is 3.65. The second-order valence-electron chi connectivity index (χ2n) is 4.65. The molecular weight excluding hydrogens is 276 g/mol. The summed E-state index contributed by atoms with van der Waals surface area (Å²) < 4.78 is 33.7. The van der Waals surface area contributed by atoms with Gasteiger partial charge in [-0.25, -0.2) is 0 Å². The van der Waals surface area contributed by atoms with Gasteiger partial charge in [-0.05, 0) is 41.8 Å². The number of methoxy groups -OCH3 is 1. The van der Waals surface area contributed by atoms with Crippen LogP contribution in [-0.2, 0) is 0 Å². The molecule has 2 rings (SSSR count). The quantitative estimate of drug-likeness (QED) is 0.915. The molecule has 5 heteroatoms. The molecule has 2 aromatic carbocycles. The second kappa shape index (κ2) is 6.54. The summed E-state index contributed by atoms with van der Waals surface area (Å²) in [6.45, 7) is -0.886. The molecule has 0 heterocycles. The number of benzene rings is 2. The van der Waals surface area contributed by atoms with Crippen molar-refractivity contribution in [2.75, 3.05) is 7.11 Å². The molecule has 1 unspecified atom stereocenters. The normalized spacial score (nSPS) is 12.3. The molecule has 1 atom stereocenters. The van der Waals surface area contributed by atoms with Gasteiger partial charge in [0.15, 0.2) is 0 Å². The number of alkyl halides is 2. The smallest absolute Gasteiger partial charge is 0.387 e. The first kappa shape index (κ1) is 15.3. The molecule has 0 saturated heterocycles. The fraction of sp³-hybridized carbons (Fsp3) is 0.250. The molecule has 2 N–H and O–H groups in total. The van der Waals surface area contributed by atoms with Gasteiger partial charge in [-0.15, -0.1) is 0 Å². The summed E-state index contributed by atoms with van der Waals surface area (Å²) in [4.78, 5) is 0. The predicted molar refractivity (Wildman–Crippen MR) is 76.8 cm³/mol. The van der Waals surface area contributed by atoms with E-state index in [9.17, 15) is 8.78 Å². The number of hydrogen-bond donors (Lipinski definition) is 1. The van der Waals surface area contributed by atoms with Crippen LogP contribution in [0.25, 0.3) is 0 Å². The van der Waals surface area contributed by atoms with Crippen molar-refractivity contribution in [1.29, 1.82) is 0 Å². The van der Waals surface area contributed by atoms with Gasteiger partial charge in [0.1, 0.15) is 11.5 Å². The lowest BCUT2D eigenvalue weighted by Gasteiger charge is -2.15. The highest BCUT2D eigenvalue weighted by Gasteiger charge is 2.11. The van der Waals surface area contributed by atoms with Crippen LogP contribution in [0.1, 0.15) is 22.7 Å². The number of rotatable bonds is 5. The van der Waals surface area contributed by atoms with Crippen LogP contribution in [0, 0.1) is 6.92 Å². The van der Waals surface area contributed by atoms with Gasteiger partial charge in [0.2, 0.25) is 0 Å². The van der Waals surface area contributed by atoms with E-state index in [0.717, 1.165) is 22.4 Å². The average molecular weight is 293 g/mol. The Morgan fingerprint density at radius 1 is 1.00 bits per heavy atom. The van der Waals surface area contributed by atoms with Gasteiger partial charge in [-0.3, -0.25) is 0 Å². The van der Waals surface area contributed by atoms with Crippen molar-refractivity contribution in [2.45, 2.75) is 19.6 Å². The molecule has 0 aliphatic carbocycles. The molecule has 0 spiro atoms. The highest BCUT2D eigenvalue weighted by atomic mass is 19.3. The van der Waals surface area contributed by atoms with Gasteiger partial charge >= 0.3 is 6.61 Å². The van der Waals surface area contributed by atoms with Crippen LogP contribution in [0.5, 0.6) is 11.5 Å². The summed E-state index contributed by atoms with van der Waals surface area (Å²) in [6, 6.07) is 11.7. The van der Waals surface area contributed by atoms with Crippen molar-refractivity contribution in [3.05, 3.63) is 59.2 Å². The minimum atomic E-state index is -2.83. The van der Waals surface area contributed by atoms with E-state index in [1.165, 1.54) is 12.1 Å². The van der Waals surface area contributed by atoms with E-state index in [0.29, 0.717) is 0 Å². The monoisotopic (exact) mass is 293 g/mol. The fourth-order valence-corrected chi connectivity index (χ4v) is 2.14. The van der Waals surface area contributed by atoms with Crippen LogP contribution in [0.3, 0.4) is 0 Å². The standard InChI is InChI=1S/C16H17F2NO2/c1-10-9-12(5-8-14(10)20-2)15(19)11-3-6-13(7-4-11)21-16(17)18/h3-9,15-16H,19H2,1-2H3. The van der Waals surface area contributed by atoms with E-state index in [1.54, 1.807) is 19.2 Å². The van der Waals surface area contributed by atoms with Crippen LogP contribution in [0.4, 0.5) is 8.78 Å². The lowest BCUT2D eigenvalue weighted by Crippen LogP contribution is -2.12. The Labute approximate surface area is 122 Å². The highest BCUT2D eigenvalue weighted by molar-refractivity contribution is 5.41. The second-order valence-corrected chi connectivity index (χ2v) is 4.65. The first-order chi connectivity index (χ1) is 10.0. The minimum Gasteiger partial charge on any atom is -0.496 e. The van der Waals surface area contributed by atoms with Gasteiger partial charge in [0.25, 0.3) is 0 Å². The molecule has 0 fully saturated rings. The summed E-state index contributed by atoms with van der Waals surface area (Å²) in [5.74, 6) is 0.915. The van der Waals surface area contributed by atoms with Crippen LogP contribution in [0.2, 0.25) is 0 Å². The highest BCUT2D eigenvalue weighted by Crippen LogP contribution is 2.26. The molecule has 3 nitrogen and oxygen atoms in total. The Bertz CT molecular complexity index is 600. The van der Waals surface area contributed by atoms with E-state index >= 15 is 0 Å². The van der Waals surface area contributed by atoms with Gasteiger partial charge < -0.3 is 15.2 Å². The largest absolute Gasteiger partial charge is 0.496 e. The van der Waals surface area contributed by atoms with Gasteiger partial charge in [0.05, 0.1) is 13.2 Å². The number of nitrogens with two attached hydrogens (primary N) is 1. The number of ether oxygens (including phenoxy) is 2. The zero-order valence-electron chi connectivity index (χ0n) is 11.8. The summed E-state index contributed by atoms with van der Waals surface area (Å²) in [5, 5.41) is 0. The molecule has 0 amide bonds. The van der Waals surface area contributed by atoms with Crippen LogP contribution in [-0.4, -0.2) is 13.7 Å². The molecule has 0 bridgehead atoms. The number of hydrogen-bond acceptors (Lipinski definition) is 3. The Balaban J connectivity index is 2.19. The third kappa shape index (κ3) is 3.70. The molecule has 0 aromatic heterocycles. The molecule has 0 aliphatic rings. The first-order valence-electron chi connectivity index (χ1n) is 6.46. The van der Waals surface area contributed by atoms with Gasteiger partial charge in [0, 0.05) is 0 Å². The molecule has 112 valence electrons. The zero-order valence-corrected chi connectivity index (χ0v) is 11.8. The van der Waals surface area contributed by atoms with E-state index in [1.807, 2.05) is 25.1 Å². The van der Waals surface area contributed by atoms with Crippen LogP contribution >= 0.6 is 0 Å². The molecule has 0 saturated carbocycles. The lowest BCUT2D eigenvalue weighted by atomic mass is 9.98. The average Bonchev–Trinajstić information content (AvgIpc) is 2.46. The maximum atomic E-state index is 12.1. The Morgan fingerprint density at radius 3 is 2.14 bits per heavy atom. The summed E-state index contributed by atoms with van der Waals surface area (Å²) in [6.07, 6.45) is 0. The number of aryl methyl sites for hydroxylation is 1. The van der Waals surface area contributed by atoms with Crippen molar-refractivity contribution in [3.63, 3.8) is 0 Å². The Hall–Kier alpha value is -2.14. The first-order valence-corrected chi connectivity index (χ1v) is 6.46. The van der Waals surface area contributed by atoms with E-state index in [2.05, 4.69) is 4.74 Å². The van der Waals surface area contributed by atoms with Gasteiger partial charge in [-0.1, -0.05) is 24.3 Å². The molecule has 2 aromatic rings.